The van der Waals surface area contributed by atoms with E-state index in [2.05, 4.69) is 0 Å². The van der Waals surface area contributed by atoms with E-state index in [4.69, 9.17) is 10.5 Å². The third-order valence-electron chi connectivity index (χ3n) is 2.30. The predicted molar refractivity (Wildman–Crippen MR) is 65.4 cm³/mol. The van der Waals surface area contributed by atoms with Gasteiger partial charge in [0.25, 0.3) is 5.69 Å². The minimum atomic E-state index is -2.95. The summed E-state index contributed by atoms with van der Waals surface area (Å²) in [6.07, 6.45) is 1.28. The van der Waals surface area contributed by atoms with E-state index in [9.17, 15) is 14.3 Å². The number of rotatable bonds is 6. The Kier molecular flexibility index (Phi) is 4.59. The van der Waals surface area contributed by atoms with E-state index >= 15 is 0 Å². The van der Waals surface area contributed by atoms with Crippen LogP contribution in [-0.4, -0.2) is 21.4 Å². The maximum Gasteiger partial charge on any atom is 0.270 e. The van der Waals surface area contributed by atoms with Crippen LogP contribution in [0.25, 0.3) is 0 Å². The third kappa shape index (κ3) is 3.79. The number of benzene rings is 1. The van der Waals surface area contributed by atoms with Gasteiger partial charge < -0.3 is 5.73 Å². The van der Waals surface area contributed by atoms with E-state index in [0.29, 0.717) is 19.4 Å². The lowest BCUT2D eigenvalue weighted by molar-refractivity contribution is -0.385. The number of hydrogen-bond acceptors (Lipinski definition) is 5. The van der Waals surface area contributed by atoms with Gasteiger partial charge in [0.05, 0.1) is 19.5 Å². The molecule has 0 aliphatic rings. The maximum absolute atomic E-state index is 12.0. The Morgan fingerprint density at radius 3 is 2.71 bits per heavy atom. The lowest BCUT2D eigenvalue weighted by Crippen LogP contribution is -2.08. The Morgan fingerprint density at radius 2 is 2.12 bits per heavy atom. The molecule has 0 amide bonds. The molecule has 1 atom stereocenters. The first-order valence-electron chi connectivity index (χ1n) is 5.18. The van der Waals surface area contributed by atoms with Crippen LogP contribution in [0, 0.1) is 14.9 Å². The minimum Gasteiger partial charge on any atom is -0.330 e. The van der Waals surface area contributed by atoms with Crippen molar-refractivity contribution in [1.82, 2.24) is 0 Å². The van der Waals surface area contributed by atoms with Gasteiger partial charge in [-0.3, -0.25) is 10.1 Å². The van der Waals surface area contributed by atoms with Gasteiger partial charge >= 0.3 is 0 Å². The van der Waals surface area contributed by atoms with Gasteiger partial charge in [-0.25, -0.2) is 8.99 Å². The quantitative estimate of drug-likeness (QED) is 0.459. The summed E-state index contributed by atoms with van der Waals surface area (Å²) in [4.78, 5) is 10.2. The van der Waals surface area contributed by atoms with Crippen LogP contribution in [0.5, 0.6) is 0 Å². The molecule has 0 saturated heterocycles. The van der Waals surface area contributed by atoms with Gasteiger partial charge in [-0.05, 0) is 25.5 Å². The van der Waals surface area contributed by atoms with Crippen molar-refractivity contribution in [3.63, 3.8) is 0 Å². The molecule has 0 aliphatic heterocycles. The van der Waals surface area contributed by atoms with Gasteiger partial charge in [0, 0.05) is 17.9 Å². The van der Waals surface area contributed by atoms with Crippen LogP contribution in [0.3, 0.4) is 0 Å². The largest absolute Gasteiger partial charge is 0.330 e. The monoisotopic (exact) mass is 257 g/mol. The topological polar surface area (TPSA) is 110 Å². The molecule has 1 aromatic carbocycles. The second-order valence-corrected chi connectivity index (χ2v) is 5.86. The SMILES string of the molecule is N=S(=O)(CCCCN)c1cccc([N+](=O)[O-])c1. The van der Waals surface area contributed by atoms with Crippen molar-refractivity contribution >= 4 is 15.4 Å². The standard InChI is InChI=1S/C10H15N3O3S/c11-6-1-2-7-17(12,16)10-5-3-4-9(8-10)13(14)15/h3-5,8,12H,1-2,6-7,11H2. The Bertz CT molecular complexity index is 499. The van der Waals surface area contributed by atoms with Crippen molar-refractivity contribution in [1.29, 1.82) is 4.78 Å². The molecule has 7 heteroatoms. The first-order valence-corrected chi connectivity index (χ1v) is 6.91. The fraction of sp³-hybridized carbons (Fsp3) is 0.400. The molecule has 0 spiro atoms. The molecule has 0 aliphatic carbocycles. The van der Waals surface area contributed by atoms with Crippen LogP contribution in [0.2, 0.25) is 0 Å². The Balaban J connectivity index is 2.91. The molecular formula is C10H15N3O3S. The smallest absolute Gasteiger partial charge is 0.270 e. The van der Waals surface area contributed by atoms with Crippen molar-refractivity contribution in [2.75, 3.05) is 12.3 Å². The molecular weight excluding hydrogens is 242 g/mol. The third-order valence-corrected chi connectivity index (χ3v) is 4.17. The summed E-state index contributed by atoms with van der Waals surface area (Å²) in [5.41, 5.74) is 5.18. The Labute approximate surface area is 100.0 Å². The molecule has 94 valence electrons. The van der Waals surface area contributed by atoms with Crippen molar-refractivity contribution < 1.29 is 9.13 Å². The number of unbranched alkanes of at least 4 members (excludes halogenated alkanes) is 1. The van der Waals surface area contributed by atoms with Crippen molar-refractivity contribution in [2.24, 2.45) is 5.73 Å². The van der Waals surface area contributed by atoms with Crippen LogP contribution in [0.4, 0.5) is 5.69 Å². The van der Waals surface area contributed by atoms with Gasteiger partial charge in [0.2, 0.25) is 0 Å². The second kappa shape index (κ2) is 5.74. The number of nitro groups is 1. The first-order chi connectivity index (χ1) is 7.97. The molecule has 6 nitrogen and oxygen atoms in total. The highest BCUT2D eigenvalue weighted by Gasteiger charge is 2.13. The minimum absolute atomic E-state index is 0.138. The Hall–Kier alpha value is -1.47. The van der Waals surface area contributed by atoms with Gasteiger partial charge in [-0.1, -0.05) is 6.07 Å². The summed E-state index contributed by atoms with van der Waals surface area (Å²) < 4.78 is 19.8. The number of non-ortho nitro benzene ring substituents is 1. The number of nitrogens with zero attached hydrogens (tertiary/aromatic N) is 1. The summed E-state index contributed by atoms with van der Waals surface area (Å²) in [6.45, 7) is 0.491. The maximum atomic E-state index is 12.0. The van der Waals surface area contributed by atoms with Crippen LogP contribution in [0.15, 0.2) is 29.2 Å². The van der Waals surface area contributed by atoms with Gasteiger partial charge in [-0.15, -0.1) is 0 Å². The zero-order valence-corrected chi connectivity index (χ0v) is 10.1. The number of nitrogens with one attached hydrogen (secondary N) is 1. The van der Waals surface area contributed by atoms with Crippen molar-refractivity contribution in [2.45, 2.75) is 17.7 Å². The summed E-state index contributed by atoms with van der Waals surface area (Å²) in [5.74, 6) is 0.186. The molecule has 17 heavy (non-hydrogen) atoms. The van der Waals surface area contributed by atoms with Crippen LogP contribution in [-0.2, 0) is 9.73 Å². The average molecular weight is 257 g/mol. The second-order valence-electron chi connectivity index (χ2n) is 3.63. The molecule has 0 fully saturated rings. The van der Waals surface area contributed by atoms with Crippen LogP contribution in [0.1, 0.15) is 12.8 Å². The van der Waals surface area contributed by atoms with Crippen LogP contribution >= 0.6 is 0 Å². The average Bonchev–Trinajstić information content (AvgIpc) is 2.29. The molecule has 0 heterocycles. The van der Waals surface area contributed by atoms with E-state index in [0.717, 1.165) is 0 Å². The lowest BCUT2D eigenvalue weighted by atomic mass is 10.3. The van der Waals surface area contributed by atoms with Crippen molar-refractivity contribution in [3.8, 4) is 0 Å². The van der Waals surface area contributed by atoms with Gasteiger partial charge in [-0.2, -0.15) is 0 Å². The van der Waals surface area contributed by atoms with Gasteiger partial charge in [0.1, 0.15) is 0 Å². The highest BCUT2D eigenvalue weighted by Crippen LogP contribution is 2.19. The molecule has 1 aromatic rings. The molecule has 0 bridgehead atoms. The van der Waals surface area contributed by atoms with E-state index in [-0.39, 0.29) is 16.3 Å². The summed E-state index contributed by atoms with van der Waals surface area (Å²) in [5, 5.41) is 10.6. The fourth-order valence-electron chi connectivity index (χ4n) is 1.37. The normalized spacial score (nSPS) is 14.2. The summed E-state index contributed by atoms with van der Waals surface area (Å²) >= 11 is 0. The van der Waals surface area contributed by atoms with E-state index in [1.54, 1.807) is 0 Å². The first kappa shape index (κ1) is 13.6. The molecule has 1 unspecified atom stereocenters. The van der Waals surface area contributed by atoms with E-state index in [1.807, 2.05) is 0 Å². The number of nitrogens with two attached hydrogens (primary N) is 1. The van der Waals surface area contributed by atoms with Gasteiger partial charge in [0.15, 0.2) is 0 Å². The molecule has 0 aromatic heterocycles. The van der Waals surface area contributed by atoms with Crippen LogP contribution < -0.4 is 5.73 Å². The highest BCUT2D eigenvalue weighted by atomic mass is 32.2. The van der Waals surface area contributed by atoms with E-state index < -0.39 is 14.7 Å². The Morgan fingerprint density at radius 1 is 1.41 bits per heavy atom. The zero-order chi connectivity index (χ0) is 12.9. The summed E-state index contributed by atoms with van der Waals surface area (Å²) in [7, 11) is -2.95. The summed E-state index contributed by atoms with van der Waals surface area (Å²) in [6, 6.07) is 5.46. The molecule has 3 N–H and O–H groups in total. The molecule has 0 radical (unpaired) electrons. The number of hydrogen-bond donors (Lipinski definition) is 2. The van der Waals surface area contributed by atoms with Crippen molar-refractivity contribution in [3.05, 3.63) is 34.4 Å². The predicted octanol–water partition coefficient (Wildman–Crippen LogP) is 1.74. The molecule has 0 saturated carbocycles. The number of nitro benzene ring substituents is 1. The van der Waals surface area contributed by atoms with E-state index in [1.165, 1.54) is 24.3 Å². The highest BCUT2D eigenvalue weighted by molar-refractivity contribution is 7.92. The zero-order valence-electron chi connectivity index (χ0n) is 9.30. The lowest BCUT2D eigenvalue weighted by Gasteiger charge is -2.06. The molecule has 1 rings (SSSR count). The fourth-order valence-corrected chi connectivity index (χ4v) is 2.83.